The first-order chi connectivity index (χ1) is 17.8. The van der Waals surface area contributed by atoms with Crippen LogP contribution in [0.25, 0.3) is 33.2 Å². The van der Waals surface area contributed by atoms with Crippen molar-refractivity contribution in [2.45, 2.75) is 12.7 Å². The zero-order valence-electron chi connectivity index (χ0n) is 19.5. The summed E-state index contributed by atoms with van der Waals surface area (Å²) in [6.45, 7) is 0.486. The van der Waals surface area contributed by atoms with Crippen LogP contribution >= 0.6 is 0 Å². The highest BCUT2D eigenvalue weighted by Crippen LogP contribution is 2.42. The van der Waals surface area contributed by atoms with Gasteiger partial charge in [0.25, 0.3) is 0 Å². The van der Waals surface area contributed by atoms with Crippen molar-refractivity contribution < 1.29 is 23.1 Å². The number of hydrogen-bond donors (Lipinski definition) is 2. The van der Waals surface area contributed by atoms with Crippen LogP contribution in [0.15, 0.2) is 97.2 Å². The summed E-state index contributed by atoms with van der Waals surface area (Å²) in [5.74, 6) is 0.177. The Bertz CT molecular complexity index is 1600. The number of alkyl halides is 3. The average Bonchev–Trinajstić information content (AvgIpc) is 2.91. The lowest BCUT2D eigenvalue weighted by atomic mass is 9.89. The predicted molar refractivity (Wildman–Crippen MR) is 138 cm³/mol. The summed E-state index contributed by atoms with van der Waals surface area (Å²) in [6.07, 6.45) is -2.43. The number of para-hydroxylation sites is 1. The molecule has 4 nitrogen and oxygen atoms in total. The fraction of sp³-hybridized carbons (Fsp3) is 0.0667. The first-order valence-electron chi connectivity index (χ1n) is 11.5. The molecule has 184 valence electrons. The van der Waals surface area contributed by atoms with Crippen LogP contribution in [0.4, 0.5) is 18.9 Å². The van der Waals surface area contributed by atoms with Gasteiger partial charge in [0.1, 0.15) is 5.75 Å². The molecule has 7 heteroatoms. The Balaban J connectivity index is 1.68. The second-order valence-corrected chi connectivity index (χ2v) is 8.55. The Labute approximate surface area is 211 Å². The van der Waals surface area contributed by atoms with Gasteiger partial charge in [-0.05, 0) is 47.0 Å². The minimum Gasteiger partial charge on any atom is -0.508 e. The van der Waals surface area contributed by atoms with Gasteiger partial charge in [-0.15, -0.1) is 0 Å². The number of aromatic nitrogens is 1. The molecular weight excluding hydrogens is 477 g/mol. The molecule has 0 atom stereocenters. The van der Waals surface area contributed by atoms with E-state index in [2.05, 4.69) is 10.3 Å². The van der Waals surface area contributed by atoms with Crippen LogP contribution in [-0.4, -0.2) is 16.4 Å². The molecule has 0 amide bonds. The van der Waals surface area contributed by atoms with Gasteiger partial charge in [-0.25, -0.2) is 0 Å². The molecule has 0 spiro atoms. The normalized spacial score (nSPS) is 11.4. The summed E-state index contributed by atoms with van der Waals surface area (Å²) in [5, 5.41) is 13.2. The molecule has 0 bridgehead atoms. The van der Waals surface area contributed by atoms with Crippen molar-refractivity contribution >= 4 is 22.9 Å². The van der Waals surface area contributed by atoms with Crippen LogP contribution in [0.1, 0.15) is 21.5 Å². The molecule has 0 unspecified atom stereocenters. The Morgan fingerprint density at radius 1 is 0.865 bits per heavy atom. The number of carbonyl (C=O) groups is 1. The number of aldehydes is 1. The lowest BCUT2D eigenvalue weighted by Gasteiger charge is -2.18. The number of halogens is 3. The molecule has 0 fully saturated rings. The van der Waals surface area contributed by atoms with Gasteiger partial charge in [-0.3, -0.25) is 9.78 Å². The van der Waals surface area contributed by atoms with E-state index in [1.54, 1.807) is 54.6 Å². The number of hydrogen-bond acceptors (Lipinski definition) is 4. The number of fused-ring (bicyclic) bond motifs is 1. The van der Waals surface area contributed by atoms with Gasteiger partial charge in [0, 0.05) is 40.5 Å². The van der Waals surface area contributed by atoms with Gasteiger partial charge in [-0.1, -0.05) is 60.7 Å². The van der Waals surface area contributed by atoms with E-state index in [1.165, 1.54) is 12.3 Å². The van der Waals surface area contributed by atoms with Crippen molar-refractivity contribution in [3.8, 4) is 28.0 Å². The molecule has 0 aliphatic carbocycles. The summed E-state index contributed by atoms with van der Waals surface area (Å²) < 4.78 is 41.5. The summed E-state index contributed by atoms with van der Waals surface area (Å²) >= 11 is 0. The van der Waals surface area contributed by atoms with E-state index in [4.69, 9.17) is 0 Å². The van der Waals surface area contributed by atoms with Crippen LogP contribution in [-0.2, 0) is 12.7 Å². The maximum absolute atomic E-state index is 13.8. The summed E-state index contributed by atoms with van der Waals surface area (Å²) in [6, 6.07) is 25.1. The smallest absolute Gasteiger partial charge is 0.418 e. The highest BCUT2D eigenvalue weighted by atomic mass is 19.4. The van der Waals surface area contributed by atoms with E-state index in [-0.39, 0.29) is 11.3 Å². The number of nitrogens with one attached hydrogen (secondary N) is 1. The lowest BCUT2D eigenvalue weighted by molar-refractivity contribution is -0.136. The molecule has 37 heavy (non-hydrogen) atoms. The van der Waals surface area contributed by atoms with E-state index in [0.717, 1.165) is 23.6 Å². The lowest BCUT2D eigenvalue weighted by Crippen LogP contribution is -2.07. The third kappa shape index (κ3) is 4.89. The van der Waals surface area contributed by atoms with Gasteiger partial charge in [-0.2, -0.15) is 13.2 Å². The molecule has 0 saturated carbocycles. The number of pyridine rings is 1. The number of benzene rings is 4. The monoisotopic (exact) mass is 498 g/mol. The largest absolute Gasteiger partial charge is 0.508 e. The fourth-order valence-corrected chi connectivity index (χ4v) is 4.41. The Morgan fingerprint density at radius 3 is 2.38 bits per heavy atom. The first kappa shape index (κ1) is 24.1. The van der Waals surface area contributed by atoms with E-state index >= 15 is 0 Å². The zero-order valence-corrected chi connectivity index (χ0v) is 19.5. The highest BCUT2D eigenvalue weighted by molar-refractivity contribution is 6.05. The summed E-state index contributed by atoms with van der Waals surface area (Å²) in [4.78, 5) is 16.0. The van der Waals surface area contributed by atoms with Crippen LogP contribution < -0.4 is 5.32 Å². The zero-order chi connectivity index (χ0) is 26.0. The van der Waals surface area contributed by atoms with E-state index in [0.29, 0.717) is 39.7 Å². The number of phenols is 1. The second-order valence-electron chi connectivity index (χ2n) is 8.55. The number of anilines is 1. The molecule has 0 saturated heterocycles. The molecule has 4 aromatic carbocycles. The van der Waals surface area contributed by atoms with Crippen molar-refractivity contribution in [3.05, 3.63) is 114 Å². The van der Waals surface area contributed by atoms with Gasteiger partial charge in [0.15, 0.2) is 6.29 Å². The number of nitrogens with zero attached hydrogens (tertiary/aromatic N) is 1. The first-order valence-corrected chi connectivity index (χ1v) is 11.5. The third-order valence-electron chi connectivity index (χ3n) is 6.16. The third-order valence-corrected chi connectivity index (χ3v) is 6.16. The molecule has 5 aromatic rings. The van der Waals surface area contributed by atoms with E-state index < -0.39 is 11.7 Å². The number of rotatable bonds is 6. The topological polar surface area (TPSA) is 62.2 Å². The molecule has 1 aromatic heterocycles. The van der Waals surface area contributed by atoms with Gasteiger partial charge in [0.2, 0.25) is 0 Å². The molecule has 5 rings (SSSR count). The van der Waals surface area contributed by atoms with Crippen molar-refractivity contribution in [2.24, 2.45) is 0 Å². The van der Waals surface area contributed by atoms with Crippen molar-refractivity contribution in [1.82, 2.24) is 4.98 Å². The number of carbonyl (C=O) groups excluding carboxylic acids is 1. The Morgan fingerprint density at radius 2 is 1.62 bits per heavy atom. The second kappa shape index (κ2) is 9.78. The standard InChI is InChI=1S/C30H21F3N2O2/c31-30(32,33)27-10-4-9-25-28(26(17-35-29(25)27)24-8-2-1-5-21(24)18-36)20-6-3-7-22(15-20)34-16-19-11-13-23(37)14-12-19/h1-15,17-18,34,37H,16H2. The molecule has 1 heterocycles. The van der Waals surface area contributed by atoms with Crippen LogP contribution in [0.3, 0.4) is 0 Å². The Kier molecular flexibility index (Phi) is 6.36. The maximum atomic E-state index is 13.8. The minimum absolute atomic E-state index is 0.153. The minimum atomic E-state index is -4.57. The molecule has 2 N–H and O–H groups in total. The molecular formula is C30H21F3N2O2. The van der Waals surface area contributed by atoms with E-state index in [9.17, 15) is 23.1 Å². The summed E-state index contributed by atoms with van der Waals surface area (Å²) in [5.41, 5.74) is 3.54. The molecule has 0 aliphatic heterocycles. The van der Waals surface area contributed by atoms with Gasteiger partial charge in [0.05, 0.1) is 11.1 Å². The van der Waals surface area contributed by atoms with Crippen molar-refractivity contribution in [3.63, 3.8) is 0 Å². The summed E-state index contributed by atoms with van der Waals surface area (Å²) in [7, 11) is 0. The van der Waals surface area contributed by atoms with Gasteiger partial charge >= 0.3 is 6.18 Å². The van der Waals surface area contributed by atoms with Crippen LogP contribution in [0.2, 0.25) is 0 Å². The van der Waals surface area contributed by atoms with Gasteiger partial charge < -0.3 is 10.4 Å². The molecule has 0 aliphatic rings. The Hall–Kier alpha value is -4.65. The predicted octanol–water partition coefficient (Wildman–Crippen LogP) is 7.72. The number of aromatic hydroxyl groups is 1. The maximum Gasteiger partial charge on any atom is 0.418 e. The van der Waals surface area contributed by atoms with Crippen molar-refractivity contribution in [1.29, 1.82) is 0 Å². The van der Waals surface area contributed by atoms with Crippen LogP contribution in [0.5, 0.6) is 5.75 Å². The fourth-order valence-electron chi connectivity index (χ4n) is 4.41. The number of phenolic OH excluding ortho intramolecular Hbond substituents is 1. The van der Waals surface area contributed by atoms with E-state index in [1.807, 2.05) is 24.3 Å². The average molecular weight is 499 g/mol. The SMILES string of the molecule is O=Cc1ccccc1-c1cnc2c(C(F)(F)F)cccc2c1-c1cccc(NCc2ccc(O)cc2)c1. The highest BCUT2D eigenvalue weighted by Gasteiger charge is 2.33. The van der Waals surface area contributed by atoms with Crippen molar-refractivity contribution in [2.75, 3.05) is 5.32 Å². The van der Waals surface area contributed by atoms with Crippen LogP contribution in [0, 0.1) is 0 Å². The quantitative estimate of drug-likeness (QED) is 0.235. The molecule has 0 radical (unpaired) electrons.